The average molecular weight is 545 g/mol. The first kappa shape index (κ1) is 31.2. The van der Waals surface area contributed by atoms with Crippen LogP contribution < -0.4 is 10.6 Å². The van der Waals surface area contributed by atoms with Crippen LogP contribution in [0.15, 0.2) is 30.3 Å². The van der Waals surface area contributed by atoms with Crippen LogP contribution in [0, 0.1) is 0 Å². The summed E-state index contributed by atoms with van der Waals surface area (Å²) in [5.74, 6) is 0. The summed E-state index contributed by atoms with van der Waals surface area (Å²) >= 11 is 0. The zero-order chi connectivity index (χ0) is 28.5. The van der Waals surface area contributed by atoms with Gasteiger partial charge in [0.05, 0.1) is 0 Å². The quantitative estimate of drug-likeness (QED) is 0.426. The van der Waals surface area contributed by atoms with Gasteiger partial charge in [-0.3, -0.25) is 0 Å². The Morgan fingerprint density at radius 2 is 1.41 bits per heavy atom. The lowest BCUT2D eigenvalue weighted by atomic mass is 10.0. The zero-order valence-corrected chi connectivity index (χ0v) is 25.1. The van der Waals surface area contributed by atoms with Gasteiger partial charge in [-0.25, -0.2) is 9.59 Å². The molecule has 3 atom stereocenters. The minimum Gasteiger partial charge on any atom is -0.444 e. The minimum atomic E-state index is -0.552. The van der Waals surface area contributed by atoms with E-state index >= 15 is 0 Å². The van der Waals surface area contributed by atoms with E-state index in [2.05, 4.69) is 41.8 Å². The Morgan fingerprint density at radius 3 is 2.03 bits per heavy atom. The van der Waals surface area contributed by atoms with E-state index in [1.807, 2.05) is 50.5 Å². The molecule has 2 fully saturated rings. The molecule has 0 bridgehead atoms. The molecule has 2 N–H and O–H groups in total. The summed E-state index contributed by atoms with van der Waals surface area (Å²) in [6.07, 6.45) is 6.12. The van der Waals surface area contributed by atoms with Crippen LogP contribution in [-0.2, 0) is 9.47 Å². The molecule has 2 aliphatic heterocycles. The van der Waals surface area contributed by atoms with Crippen LogP contribution in [0.3, 0.4) is 0 Å². The van der Waals surface area contributed by atoms with Gasteiger partial charge in [-0.15, -0.1) is 0 Å². The molecule has 8 nitrogen and oxygen atoms in total. The number of amides is 2. The van der Waals surface area contributed by atoms with E-state index in [0.717, 1.165) is 64.6 Å². The molecule has 1 aromatic rings. The molecular formula is C31H52N4O4. The highest BCUT2D eigenvalue weighted by atomic mass is 16.6. The predicted octanol–water partition coefficient (Wildman–Crippen LogP) is 5.88. The van der Waals surface area contributed by atoms with Gasteiger partial charge in [0.25, 0.3) is 0 Å². The highest BCUT2D eigenvalue weighted by Gasteiger charge is 2.29. The number of ether oxygens (including phenoxy) is 2. The van der Waals surface area contributed by atoms with E-state index in [4.69, 9.17) is 9.47 Å². The molecule has 0 aromatic heterocycles. The van der Waals surface area contributed by atoms with Gasteiger partial charge in [-0.05, 0) is 98.6 Å². The smallest absolute Gasteiger partial charge is 0.410 e. The maximum atomic E-state index is 13.0. The summed E-state index contributed by atoms with van der Waals surface area (Å²) in [6, 6.07) is 11.5. The Labute approximate surface area is 236 Å². The number of rotatable bonds is 8. The Balaban J connectivity index is 1.37. The van der Waals surface area contributed by atoms with Crippen molar-refractivity contribution >= 4 is 12.2 Å². The van der Waals surface area contributed by atoms with Crippen molar-refractivity contribution in [1.82, 2.24) is 20.4 Å². The van der Waals surface area contributed by atoms with Gasteiger partial charge in [0.2, 0.25) is 0 Å². The van der Waals surface area contributed by atoms with Crippen molar-refractivity contribution in [2.75, 3.05) is 32.7 Å². The highest BCUT2D eigenvalue weighted by Crippen LogP contribution is 2.21. The van der Waals surface area contributed by atoms with Crippen molar-refractivity contribution in [1.29, 1.82) is 0 Å². The Morgan fingerprint density at radius 1 is 0.846 bits per heavy atom. The number of carbonyl (C=O) groups excluding carboxylic acids is 2. The molecule has 39 heavy (non-hydrogen) atoms. The van der Waals surface area contributed by atoms with E-state index < -0.39 is 11.2 Å². The highest BCUT2D eigenvalue weighted by molar-refractivity contribution is 5.68. The molecular weight excluding hydrogens is 492 g/mol. The molecule has 0 radical (unpaired) electrons. The number of nitrogens with one attached hydrogen (secondary N) is 2. The first-order chi connectivity index (χ1) is 18.4. The van der Waals surface area contributed by atoms with Gasteiger partial charge < -0.3 is 29.9 Å². The van der Waals surface area contributed by atoms with E-state index in [9.17, 15) is 9.59 Å². The fourth-order valence-corrected chi connectivity index (χ4v) is 5.38. The number of likely N-dealkylation sites (tertiary alicyclic amines) is 2. The van der Waals surface area contributed by atoms with Crippen LogP contribution >= 0.6 is 0 Å². The Bertz CT molecular complexity index is 902. The van der Waals surface area contributed by atoms with E-state index in [1.165, 1.54) is 5.56 Å². The second-order valence-electron chi connectivity index (χ2n) is 12.8. The second kappa shape index (κ2) is 14.4. The molecule has 3 rings (SSSR count). The third-order valence-corrected chi connectivity index (χ3v) is 7.68. The third-order valence-electron chi connectivity index (χ3n) is 7.68. The van der Waals surface area contributed by atoms with Crippen LogP contribution in [0.4, 0.5) is 9.59 Å². The van der Waals surface area contributed by atoms with Crippen molar-refractivity contribution in [2.45, 2.75) is 116 Å². The molecule has 1 unspecified atom stereocenters. The topological polar surface area (TPSA) is 83.1 Å². The first-order valence-electron chi connectivity index (χ1n) is 14.9. The normalized spacial score (nSPS) is 22.0. The fraction of sp³-hybridized carbons (Fsp3) is 0.742. The number of hydrogen-bond donors (Lipinski definition) is 2. The molecule has 220 valence electrons. The summed E-state index contributed by atoms with van der Waals surface area (Å²) in [4.78, 5) is 29.2. The van der Waals surface area contributed by atoms with Crippen molar-refractivity contribution in [3.8, 4) is 0 Å². The van der Waals surface area contributed by atoms with Gasteiger partial charge in [-0.2, -0.15) is 0 Å². The van der Waals surface area contributed by atoms with Crippen LogP contribution in [0.1, 0.15) is 98.1 Å². The van der Waals surface area contributed by atoms with Crippen LogP contribution in [0.2, 0.25) is 0 Å². The molecule has 0 saturated carbocycles. The number of nitrogens with zero attached hydrogens (tertiary/aromatic N) is 2. The van der Waals surface area contributed by atoms with Gasteiger partial charge in [0.1, 0.15) is 11.2 Å². The molecule has 0 spiro atoms. The van der Waals surface area contributed by atoms with E-state index in [-0.39, 0.29) is 18.2 Å². The summed E-state index contributed by atoms with van der Waals surface area (Å²) in [5.41, 5.74) is 0.262. The summed E-state index contributed by atoms with van der Waals surface area (Å²) in [6.45, 7) is 15.5. The first-order valence-corrected chi connectivity index (χ1v) is 14.9. The average Bonchev–Trinajstić information content (AvgIpc) is 3.24. The standard InChI is InChI=1S/C31H52N4O4/c1-24(25-12-8-7-9-13-25)33-27-15-11-21-35(23-17-27)29(37)39-31(5,6)18-19-32-26-14-10-20-34(22-16-26)28(36)38-30(2,3)4/h7-9,12-13,24,26-27,32-33H,10-11,14-23H2,1-6H3/t24-,26+,27?/m1/s1. The van der Waals surface area contributed by atoms with Gasteiger partial charge in [0, 0.05) is 44.3 Å². The van der Waals surface area contributed by atoms with Gasteiger partial charge >= 0.3 is 12.2 Å². The van der Waals surface area contributed by atoms with Crippen molar-refractivity contribution < 1.29 is 19.1 Å². The van der Waals surface area contributed by atoms with Crippen molar-refractivity contribution in [2.24, 2.45) is 0 Å². The maximum Gasteiger partial charge on any atom is 0.410 e. The largest absolute Gasteiger partial charge is 0.444 e. The van der Waals surface area contributed by atoms with Crippen molar-refractivity contribution in [3.63, 3.8) is 0 Å². The van der Waals surface area contributed by atoms with Crippen LogP contribution in [-0.4, -0.2) is 78.0 Å². The summed E-state index contributed by atoms with van der Waals surface area (Å²) < 4.78 is 11.5. The van der Waals surface area contributed by atoms with Gasteiger partial charge in [0.15, 0.2) is 0 Å². The minimum absolute atomic E-state index is 0.209. The number of hydrogen-bond acceptors (Lipinski definition) is 6. The molecule has 2 aliphatic rings. The fourth-order valence-electron chi connectivity index (χ4n) is 5.38. The lowest BCUT2D eigenvalue weighted by Crippen LogP contribution is -2.41. The maximum absolute atomic E-state index is 13.0. The molecule has 8 heteroatoms. The molecule has 2 amide bonds. The van der Waals surface area contributed by atoms with E-state index in [0.29, 0.717) is 25.2 Å². The summed E-state index contributed by atoms with van der Waals surface area (Å²) in [7, 11) is 0. The predicted molar refractivity (Wildman–Crippen MR) is 156 cm³/mol. The molecule has 0 aliphatic carbocycles. The lowest BCUT2D eigenvalue weighted by Gasteiger charge is -2.30. The number of carbonyl (C=O) groups is 2. The van der Waals surface area contributed by atoms with Crippen molar-refractivity contribution in [3.05, 3.63) is 35.9 Å². The monoisotopic (exact) mass is 544 g/mol. The molecule has 2 saturated heterocycles. The third kappa shape index (κ3) is 11.0. The summed E-state index contributed by atoms with van der Waals surface area (Å²) in [5, 5.41) is 7.38. The molecule has 1 aromatic carbocycles. The van der Waals surface area contributed by atoms with E-state index in [1.54, 1.807) is 0 Å². The Hall–Kier alpha value is -2.32. The SMILES string of the molecule is C[C@@H](NC1CCCN(C(=O)OC(C)(C)CCN[C@H]2CCCN(C(=O)OC(C)(C)C)CC2)CC1)c1ccccc1. The molecule has 2 heterocycles. The van der Waals surface area contributed by atoms with Gasteiger partial charge in [-0.1, -0.05) is 30.3 Å². The lowest BCUT2D eigenvalue weighted by molar-refractivity contribution is 0.00888. The second-order valence-corrected chi connectivity index (χ2v) is 12.8. The van der Waals surface area contributed by atoms with Crippen LogP contribution in [0.5, 0.6) is 0 Å². The Kier molecular flexibility index (Phi) is 11.5. The van der Waals surface area contributed by atoms with Crippen LogP contribution in [0.25, 0.3) is 0 Å². The number of benzene rings is 1. The zero-order valence-electron chi connectivity index (χ0n) is 25.1.